The Balaban J connectivity index is 3.08. The maximum Gasteiger partial charge on any atom is 0.0450 e. The van der Waals surface area contributed by atoms with Gasteiger partial charge in [-0.1, -0.05) is 37.3 Å². The molecule has 1 aromatic rings. The summed E-state index contributed by atoms with van der Waals surface area (Å²) in [6.07, 6.45) is 0. The Morgan fingerprint density at radius 2 is 1.54 bits per heavy atom. The highest BCUT2D eigenvalue weighted by Crippen LogP contribution is 2.36. The molecule has 2 heteroatoms. The first-order valence-corrected chi connectivity index (χ1v) is 5.98. The zero-order valence-electron chi connectivity index (χ0n) is 8.76. The van der Waals surface area contributed by atoms with Crippen LogP contribution in [0.25, 0.3) is 0 Å². The molecule has 13 heavy (non-hydrogen) atoms. The van der Waals surface area contributed by atoms with Gasteiger partial charge in [0.1, 0.15) is 0 Å². The highest BCUT2D eigenvalue weighted by atomic mass is 35.5. The van der Waals surface area contributed by atoms with Gasteiger partial charge in [0.25, 0.3) is 0 Å². The average Bonchev–Trinajstić information content (AvgIpc) is 2.04. The van der Waals surface area contributed by atoms with Gasteiger partial charge < -0.3 is 0 Å². The molecule has 0 radical (unpaired) electrons. The molecule has 0 aliphatic heterocycles. The number of hydrogen-bond donors (Lipinski definition) is 0. The highest BCUT2D eigenvalue weighted by Gasteiger charge is 2.36. The van der Waals surface area contributed by atoms with Crippen LogP contribution < -0.4 is 0 Å². The first kappa shape index (κ1) is 10.8. The second-order valence-corrected chi connectivity index (χ2v) is 7.41. The third-order valence-electron chi connectivity index (χ3n) is 2.98. The Bertz CT molecular complexity index is 272. The molecule has 0 nitrogen and oxygen atoms in total. The first-order valence-electron chi connectivity index (χ1n) is 4.60. The van der Waals surface area contributed by atoms with Gasteiger partial charge >= 0.3 is 0 Å². The molecule has 1 aromatic carbocycles. The molecule has 0 saturated heterocycles. The van der Waals surface area contributed by atoms with Gasteiger partial charge in [-0.2, -0.15) is 0 Å². The van der Waals surface area contributed by atoms with Crippen molar-refractivity contribution in [3.63, 3.8) is 0 Å². The van der Waals surface area contributed by atoms with Gasteiger partial charge in [-0.05, 0) is 24.4 Å². The van der Waals surface area contributed by atoms with Crippen molar-refractivity contribution < 1.29 is 0 Å². The van der Waals surface area contributed by atoms with Crippen molar-refractivity contribution >= 4 is 21.8 Å². The fourth-order valence-electron chi connectivity index (χ4n) is 1.20. The number of rotatable bonds is 2. The van der Waals surface area contributed by atoms with Gasteiger partial charge in [-0.15, -0.1) is 11.6 Å². The minimum atomic E-state index is -0.166. The second kappa shape index (κ2) is 3.47. The summed E-state index contributed by atoms with van der Waals surface area (Å²) in [6.45, 7) is 6.42. The predicted molar refractivity (Wildman–Crippen MR) is 63.7 cm³/mol. The summed E-state index contributed by atoms with van der Waals surface area (Å²) >= 11 is 6.39. The van der Waals surface area contributed by atoms with Gasteiger partial charge in [0.2, 0.25) is 0 Å². The van der Waals surface area contributed by atoms with E-state index in [-0.39, 0.29) is 9.91 Å². The number of alkyl halides is 1. The van der Waals surface area contributed by atoms with Crippen molar-refractivity contribution in [2.24, 2.45) is 0 Å². The van der Waals surface area contributed by atoms with Crippen LogP contribution in [0.15, 0.2) is 30.3 Å². The Kier molecular flexibility index (Phi) is 2.88. The molecular weight excluding hydrogens is 196 g/mol. The summed E-state index contributed by atoms with van der Waals surface area (Å²) < 4.78 is 0. The lowest BCUT2D eigenvalue weighted by Gasteiger charge is -2.37. The molecule has 0 spiro atoms. The smallest absolute Gasteiger partial charge is 0.0450 e. The summed E-state index contributed by atoms with van der Waals surface area (Å²) in [5.41, 5.74) is 1.35. The molecule has 0 fully saturated rings. The molecule has 0 bridgehead atoms. The Morgan fingerprint density at radius 3 is 1.92 bits per heavy atom. The molecule has 0 amide bonds. The van der Waals surface area contributed by atoms with Crippen molar-refractivity contribution in [1.82, 2.24) is 0 Å². The van der Waals surface area contributed by atoms with Gasteiger partial charge in [-0.25, -0.2) is 0 Å². The Labute approximate surface area is 88.7 Å². The second-order valence-electron chi connectivity index (χ2n) is 4.46. The summed E-state index contributed by atoms with van der Waals surface area (Å²) in [6, 6.07) is 10.5. The molecule has 0 aromatic heterocycles. The standard InChI is InChI=1S/C11H17ClSi/c1-10(2,12)11(3,13)9-7-5-4-6-8-9/h4-8H,1-3,13H3. The van der Waals surface area contributed by atoms with E-state index >= 15 is 0 Å². The lowest BCUT2D eigenvalue weighted by atomic mass is 9.88. The van der Waals surface area contributed by atoms with E-state index in [9.17, 15) is 0 Å². The molecule has 1 rings (SSSR count). The lowest BCUT2D eigenvalue weighted by molar-refractivity contribution is 0.511. The number of benzene rings is 1. The first-order chi connectivity index (χ1) is 5.86. The maximum atomic E-state index is 6.39. The van der Waals surface area contributed by atoms with Crippen LogP contribution in [0.5, 0.6) is 0 Å². The van der Waals surface area contributed by atoms with E-state index in [0.29, 0.717) is 0 Å². The monoisotopic (exact) mass is 212 g/mol. The summed E-state index contributed by atoms with van der Waals surface area (Å²) in [5.74, 6) is 0. The Morgan fingerprint density at radius 1 is 1.08 bits per heavy atom. The molecule has 1 unspecified atom stereocenters. The SMILES string of the molecule is CC(C)(Cl)C(C)([SiH3])c1ccccc1. The fraction of sp³-hybridized carbons (Fsp3) is 0.455. The van der Waals surface area contributed by atoms with E-state index < -0.39 is 0 Å². The van der Waals surface area contributed by atoms with Crippen LogP contribution in [0.1, 0.15) is 26.3 Å². The fourth-order valence-corrected chi connectivity index (χ4v) is 1.64. The van der Waals surface area contributed by atoms with Crippen LogP contribution in [0.4, 0.5) is 0 Å². The van der Waals surface area contributed by atoms with Crippen LogP contribution in [-0.4, -0.2) is 15.1 Å². The molecule has 0 saturated carbocycles. The van der Waals surface area contributed by atoms with E-state index in [4.69, 9.17) is 11.6 Å². The van der Waals surface area contributed by atoms with Crippen LogP contribution in [0, 0.1) is 0 Å². The molecule has 1 atom stereocenters. The third kappa shape index (κ3) is 2.15. The normalized spacial score (nSPS) is 16.9. The number of hydrogen-bond acceptors (Lipinski definition) is 0. The third-order valence-corrected chi connectivity index (χ3v) is 5.60. The minimum absolute atomic E-state index is 0.135. The Hall–Kier alpha value is -0.273. The summed E-state index contributed by atoms with van der Waals surface area (Å²) in [4.78, 5) is -0.166. The van der Waals surface area contributed by atoms with Crippen LogP contribution in [-0.2, 0) is 5.04 Å². The van der Waals surface area contributed by atoms with E-state index in [0.717, 1.165) is 10.2 Å². The predicted octanol–water partition coefficient (Wildman–Crippen LogP) is 2.28. The van der Waals surface area contributed by atoms with Crippen molar-refractivity contribution in [1.29, 1.82) is 0 Å². The van der Waals surface area contributed by atoms with Crippen molar-refractivity contribution in [2.45, 2.75) is 30.7 Å². The van der Waals surface area contributed by atoms with E-state index in [1.807, 2.05) is 6.07 Å². The molecule has 0 heterocycles. The van der Waals surface area contributed by atoms with Crippen LogP contribution in [0.3, 0.4) is 0 Å². The lowest BCUT2D eigenvalue weighted by Crippen LogP contribution is -2.41. The van der Waals surface area contributed by atoms with Gasteiger partial charge in [0, 0.05) is 15.1 Å². The highest BCUT2D eigenvalue weighted by molar-refractivity contribution is 6.31. The van der Waals surface area contributed by atoms with Crippen LogP contribution >= 0.6 is 11.6 Å². The maximum absolute atomic E-state index is 6.39. The van der Waals surface area contributed by atoms with Crippen LogP contribution in [0.2, 0.25) is 0 Å². The quantitative estimate of drug-likeness (QED) is 0.522. The largest absolute Gasteiger partial charge is 0.119 e. The summed E-state index contributed by atoms with van der Waals surface area (Å²) in [5, 5.41) is 0.135. The van der Waals surface area contributed by atoms with Crippen molar-refractivity contribution in [3.8, 4) is 0 Å². The van der Waals surface area contributed by atoms with E-state index in [1.165, 1.54) is 5.56 Å². The average molecular weight is 213 g/mol. The van der Waals surface area contributed by atoms with Crippen molar-refractivity contribution in [3.05, 3.63) is 35.9 Å². The molecule has 0 N–H and O–H groups in total. The van der Waals surface area contributed by atoms with Gasteiger partial charge in [-0.3, -0.25) is 0 Å². The molecular formula is C11H17ClSi. The molecule has 0 aliphatic rings. The topological polar surface area (TPSA) is 0 Å². The minimum Gasteiger partial charge on any atom is -0.119 e. The van der Waals surface area contributed by atoms with Gasteiger partial charge in [0.15, 0.2) is 0 Å². The zero-order valence-corrected chi connectivity index (χ0v) is 11.5. The zero-order chi connectivity index (χ0) is 10.1. The number of halogens is 1. The van der Waals surface area contributed by atoms with Gasteiger partial charge in [0.05, 0.1) is 0 Å². The van der Waals surface area contributed by atoms with E-state index in [2.05, 4.69) is 45.0 Å². The summed E-state index contributed by atoms with van der Waals surface area (Å²) in [7, 11) is 1.06. The molecule has 72 valence electrons. The van der Waals surface area contributed by atoms with Crippen molar-refractivity contribution in [2.75, 3.05) is 0 Å². The van der Waals surface area contributed by atoms with E-state index in [1.54, 1.807) is 0 Å². The molecule has 0 aliphatic carbocycles.